The van der Waals surface area contributed by atoms with Crippen molar-refractivity contribution in [1.82, 2.24) is 9.88 Å². The van der Waals surface area contributed by atoms with Crippen LogP contribution in [0.4, 0.5) is 23.8 Å². The number of hydrogen-bond donors (Lipinski definition) is 0. The Kier molecular flexibility index (Phi) is 8.05. The first-order chi connectivity index (χ1) is 19.7. The molecule has 11 heteroatoms. The second kappa shape index (κ2) is 11.7. The molecule has 2 aliphatic rings. The number of amides is 1. The molecule has 2 aromatic carbocycles. The fourth-order valence-corrected chi connectivity index (χ4v) is 5.11. The average molecular weight is 570 g/mol. The van der Waals surface area contributed by atoms with E-state index in [9.17, 15) is 22.8 Å². The van der Waals surface area contributed by atoms with Crippen LogP contribution in [0.25, 0.3) is 11.1 Å². The van der Waals surface area contributed by atoms with E-state index in [2.05, 4.69) is 4.90 Å². The van der Waals surface area contributed by atoms with Crippen LogP contribution in [0.5, 0.6) is 5.75 Å². The molecule has 2 aliphatic heterocycles. The van der Waals surface area contributed by atoms with E-state index in [4.69, 9.17) is 19.2 Å². The predicted octanol–water partition coefficient (Wildman–Crippen LogP) is 5.57. The lowest BCUT2D eigenvalue weighted by atomic mass is 9.97. The summed E-state index contributed by atoms with van der Waals surface area (Å²) >= 11 is 0. The van der Waals surface area contributed by atoms with E-state index in [1.54, 1.807) is 14.0 Å². The number of halogens is 3. The summed E-state index contributed by atoms with van der Waals surface area (Å²) in [6.45, 7) is 3.46. The number of ether oxygens (including phenoxy) is 3. The number of rotatable bonds is 9. The number of benzene rings is 2. The second-order valence-electron chi connectivity index (χ2n) is 10.1. The molecule has 0 radical (unpaired) electrons. The van der Waals surface area contributed by atoms with Crippen molar-refractivity contribution in [3.63, 3.8) is 0 Å². The van der Waals surface area contributed by atoms with Gasteiger partial charge in [-0.2, -0.15) is 0 Å². The Morgan fingerprint density at radius 2 is 1.78 bits per heavy atom. The Morgan fingerprint density at radius 3 is 2.41 bits per heavy atom. The number of anilines is 1. The van der Waals surface area contributed by atoms with E-state index in [1.807, 2.05) is 30.3 Å². The van der Waals surface area contributed by atoms with Gasteiger partial charge in [-0.15, -0.1) is 0 Å². The molecule has 3 aromatic rings. The second-order valence-corrected chi connectivity index (χ2v) is 10.1. The van der Waals surface area contributed by atoms with Crippen LogP contribution in [0.3, 0.4) is 0 Å². The van der Waals surface area contributed by atoms with Crippen molar-refractivity contribution in [3.8, 4) is 16.9 Å². The van der Waals surface area contributed by atoms with Crippen molar-refractivity contribution in [3.05, 3.63) is 76.7 Å². The lowest BCUT2D eigenvalue weighted by molar-refractivity contribution is -0.140. The van der Waals surface area contributed by atoms with Crippen LogP contribution >= 0.6 is 0 Å². The van der Waals surface area contributed by atoms with Crippen molar-refractivity contribution in [2.24, 2.45) is 0 Å². The monoisotopic (exact) mass is 569 g/mol. The summed E-state index contributed by atoms with van der Waals surface area (Å²) in [4.78, 5) is 33.2. The molecule has 8 nitrogen and oxygen atoms in total. The summed E-state index contributed by atoms with van der Waals surface area (Å²) in [6.07, 6.45) is 0.0281. The van der Waals surface area contributed by atoms with Gasteiger partial charge in [-0.3, -0.25) is 9.69 Å². The normalized spacial score (nSPS) is 18.2. The van der Waals surface area contributed by atoms with Gasteiger partial charge < -0.3 is 19.1 Å². The van der Waals surface area contributed by atoms with E-state index >= 15 is 0 Å². The molecular formula is C30H30F3N3O5. The molecule has 2 atom stereocenters. The first-order valence-corrected chi connectivity index (χ1v) is 13.3. The molecule has 1 aromatic heterocycles. The van der Waals surface area contributed by atoms with Crippen LogP contribution in [0.1, 0.15) is 42.7 Å². The molecule has 3 heterocycles. The van der Waals surface area contributed by atoms with Crippen LogP contribution in [-0.4, -0.2) is 55.3 Å². The van der Waals surface area contributed by atoms with Gasteiger partial charge in [0.2, 0.25) is 0 Å². The molecule has 2 saturated heterocycles. The Bertz CT molecular complexity index is 1460. The van der Waals surface area contributed by atoms with Gasteiger partial charge in [-0.25, -0.2) is 22.9 Å². The number of carbonyl (C=O) groups is 2. The smallest absolute Gasteiger partial charge is 0.411 e. The number of aromatic nitrogens is 1. The van der Waals surface area contributed by atoms with E-state index in [-0.39, 0.29) is 24.5 Å². The molecule has 41 heavy (non-hydrogen) atoms. The molecular weight excluding hydrogens is 539 g/mol. The van der Waals surface area contributed by atoms with Crippen molar-refractivity contribution in [2.75, 3.05) is 32.2 Å². The van der Waals surface area contributed by atoms with Crippen molar-refractivity contribution < 1.29 is 37.0 Å². The predicted molar refractivity (Wildman–Crippen MR) is 144 cm³/mol. The Morgan fingerprint density at radius 1 is 1.05 bits per heavy atom. The summed E-state index contributed by atoms with van der Waals surface area (Å²) in [5.74, 6) is -3.27. The minimum atomic E-state index is -1.58. The summed E-state index contributed by atoms with van der Waals surface area (Å²) in [7, 11) is 2.90. The van der Waals surface area contributed by atoms with Gasteiger partial charge in [0.1, 0.15) is 17.7 Å². The zero-order valence-corrected chi connectivity index (χ0v) is 23.0. The fraction of sp³-hybridized carbons (Fsp3) is 0.367. The highest BCUT2D eigenvalue weighted by Gasteiger charge is 2.41. The standard InChI is InChI=1S/C30H30F3N3O5/c1-17-29(19-14-22(31)28(33)23(32)15-19)41-30(38)36(17)16-24-20(7-9-26(34-24)35-11-4-12-35)21-13-18(5-8-25(21)39-2)6-10-27(37)40-3/h5,7-9,13-15,17,29H,4,6,10-12,16H2,1-3H3. The molecule has 0 N–H and O–H groups in total. The maximum atomic E-state index is 14.0. The topological polar surface area (TPSA) is 81.2 Å². The number of aryl methyl sites for hydroxylation is 1. The lowest BCUT2D eigenvalue weighted by Crippen LogP contribution is -2.38. The molecule has 216 valence electrons. The van der Waals surface area contributed by atoms with Gasteiger partial charge >= 0.3 is 12.1 Å². The summed E-state index contributed by atoms with van der Waals surface area (Å²) < 4.78 is 57.4. The number of pyridine rings is 1. The van der Waals surface area contributed by atoms with Gasteiger partial charge in [0.05, 0.1) is 32.5 Å². The quantitative estimate of drug-likeness (QED) is 0.246. The van der Waals surface area contributed by atoms with Gasteiger partial charge in [-0.1, -0.05) is 6.07 Å². The average Bonchev–Trinajstić information content (AvgIpc) is 3.22. The Balaban J connectivity index is 1.50. The summed E-state index contributed by atoms with van der Waals surface area (Å²) in [5.41, 5.74) is 2.92. The van der Waals surface area contributed by atoms with E-state index in [1.165, 1.54) is 12.0 Å². The minimum Gasteiger partial charge on any atom is -0.496 e. The molecule has 2 fully saturated rings. The van der Waals surface area contributed by atoms with Gasteiger partial charge in [-0.05, 0) is 61.7 Å². The zero-order chi connectivity index (χ0) is 29.3. The highest BCUT2D eigenvalue weighted by Crippen LogP contribution is 2.38. The molecule has 0 spiro atoms. The van der Waals surface area contributed by atoms with Crippen molar-refractivity contribution in [2.45, 2.75) is 44.9 Å². The van der Waals surface area contributed by atoms with Crippen LogP contribution < -0.4 is 9.64 Å². The molecule has 1 amide bonds. The largest absolute Gasteiger partial charge is 0.496 e. The minimum absolute atomic E-state index is 0.0206. The molecule has 2 unspecified atom stereocenters. The summed E-state index contributed by atoms with van der Waals surface area (Å²) in [6, 6.07) is 10.5. The highest BCUT2D eigenvalue weighted by molar-refractivity contribution is 5.76. The van der Waals surface area contributed by atoms with Crippen molar-refractivity contribution in [1.29, 1.82) is 0 Å². The number of carbonyl (C=O) groups excluding carboxylic acids is 2. The van der Waals surface area contributed by atoms with Crippen molar-refractivity contribution >= 4 is 17.9 Å². The van der Waals surface area contributed by atoms with Crippen LogP contribution in [0.15, 0.2) is 42.5 Å². The Labute approximate surface area is 235 Å². The third-order valence-electron chi connectivity index (χ3n) is 7.59. The maximum Gasteiger partial charge on any atom is 0.411 e. The lowest BCUT2D eigenvalue weighted by Gasteiger charge is -2.33. The Hall–Kier alpha value is -4.28. The fourth-order valence-electron chi connectivity index (χ4n) is 5.11. The zero-order valence-electron chi connectivity index (χ0n) is 23.0. The number of hydrogen-bond acceptors (Lipinski definition) is 7. The SMILES string of the molecule is COC(=O)CCc1ccc(OC)c(-c2ccc(N3CCC3)nc2CN2C(=O)OC(c3cc(F)c(F)c(F)c3)C2C)c1. The molecule has 5 rings (SSSR count). The highest BCUT2D eigenvalue weighted by atomic mass is 19.2. The number of esters is 1. The molecule has 0 aliphatic carbocycles. The van der Waals surface area contributed by atoms with Gasteiger partial charge in [0.15, 0.2) is 17.5 Å². The first-order valence-electron chi connectivity index (χ1n) is 13.3. The number of nitrogens with zero attached hydrogens (tertiary/aromatic N) is 3. The van der Waals surface area contributed by atoms with E-state index in [0.29, 0.717) is 23.4 Å². The van der Waals surface area contributed by atoms with Crippen LogP contribution in [-0.2, 0) is 27.2 Å². The maximum absolute atomic E-state index is 14.0. The van der Waals surface area contributed by atoms with Gasteiger partial charge in [0, 0.05) is 36.2 Å². The molecule has 0 bridgehead atoms. The number of cyclic esters (lactones) is 1. The van der Waals surface area contributed by atoms with Crippen LogP contribution in [0.2, 0.25) is 0 Å². The third-order valence-corrected chi connectivity index (χ3v) is 7.59. The van der Waals surface area contributed by atoms with E-state index in [0.717, 1.165) is 48.6 Å². The van der Waals surface area contributed by atoms with E-state index < -0.39 is 35.7 Å². The summed E-state index contributed by atoms with van der Waals surface area (Å²) in [5, 5.41) is 0. The van der Waals surface area contributed by atoms with Crippen LogP contribution in [0, 0.1) is 17.5 Å². The number of methoxy groups -OCH3 is 2. The van der Waals surface area contributed by atoms with Gasteiger partial charge in [0.25, 0.3) is 0 Å². The third kappa shape index (κ3) is 5.66. The first kappa shape index (κ1) is 28.3. The molecule has 0 saturated carbocycles.